The average Bonchev–Trinajstić information content (AvgIpc) is 3.19. The van der Waals surface area contributed by atoms with Crippen LogP contribution in [0.25, 0.3) is 11.5 Å². The number of rotatable bonds is 4. The van der Waals surface area contributed by atoms with E-state index in [4.69, 9.17) is 26.4 Å². The van der Waals surface area contributed by atoms with Crippen molar-refractivity contribution in [3.8, 4) is 17.5 Å². The number of hydrogen-bond donors (Lipinski definition) is 2. The zero-order chi connectivity index (χ0) is 18.1. The van der Waals surface area contributed by atoms with Crippen LogP contribution in [0.5, 0.6) is 0 Å². The van der Waals surface area contributed by atoms with E-state index in [1.54, 1.807) is 12.1 Å². The van der Waals surface area contributed by atoms with Crippen LogP contribution in [0.2, 0.25) is 5.02 Å². The number of hydrogen-bond acceptors (Lipinski definition) is 6. The molecule has 128 valence electrons. The molecule has 0 aliphatic rings. The Morgan fingerprint density at radius 1 is 1.24 bits per heavy atom. The molecule has 3 rings (SSSR count). The van der Waals surface area contributed by atoms with E-state index < -0.39 is 0 Å². The molecule has 0 unspecified atom stereocenters. The number of aliphatic hydroxyl groups excluding tert-OH is 1. The van der Waals surface area contributed by atoms with Gasteiger partial charge in [-0.2, -0.15) is 5.26 Å². The van der Waals surface area contributed by atoms with Gasteiger partial charge in [0.05, 0.1) is 17.2 Å². The maximum atomic E-state index is 8.71. The highest BCUT2D eigenvalue weighted by Crippen LogP contribution is 2.26. The van der Waals surface area contributed by atoms with E-state index in [9.17, 15) is 0 Å². The van der Waals surface area contributed by atoms with E-state index in [1.165, 1.54) is 6.39 Å². The summed E-state index contributed by atoms with van der Waals surface area (Å²) in [6, 6.07) is 15.1. The van der Waals surface area contributed by atoms with Crippen LogP contribution in [0, 0.1) is 18.3 Å². The number of aliphatic hydroxyl groups is 1. The van der Waals surface area contributed by atoms with Crippen molar-refractivity contribution in [2.75, 3.05) is 18.5 Å². The third-order valence-electron chi connectivity index (χ3n) is 3.31. The van der Waals surface area contributed by atoms with Gasteiger partial charge in [0.15, 0.2) is 0 Å². The fourth-order valence-electron chi connectivity index (χ4n) is 2.03. The summed E-state index contributed by atoms with van der Waals surface area (Å²) in [5, 5.41) is 28.2. The van der Waals surface area contributed by atoms with E-state index in [1.807, 2.05) is 43.3 Å². The van der Waals surface area contributed by atoms with Gasteiger partial charge >= 0.3 is 0 Å². The summed E-state index contributed by atoms with van der Waals surface area (Å²) in [7, 11) is 0. The first-order chi connectivity index (χ1) is 12.2. The number of anilines is 1. The van der Waals surface area contributed by atoms with Crippen LogP contribution < -0.4 is 5.32 Å². The van der Waals surface area contributed by atoms with E-state index in [2.05, 4.69) is 15.5 Å². The quantitative estimate of drug-likeness (QED) is 0.740. The van der Waals surface area contributed by atoms with Crippen LogP contribution in [0.1, 0.15) is 11.1 Å². The molecule has 0 aliphatic heterocycles. The van der Waals surface area contributed by atoms with Crippen LogP contribution in [0.3, 0.4) is 0 Å². The molecule has 0 saturated carbocycles. The number of nitrogens with one attached hydrogen (secondary N) is 1. The summed E-state index contributed by atoms with van der Waals surface area (Å²) >= 11 is 5.95. The minimum atomic E-state index is 0.0665. The van der Waals surface area contributed by atoms with Gasteiger partial charge in [-0.15, -0.1) is 10.2 Å². The molecule has 0 spiro atoms. The lowest BCUT2D eigenvalue weighted by atomic mass is 10.1. The maximum Gasteiger partial charge on any atom is 0.247 e. The van der Waals surface area contributed by atoms with Gasteiger partial charge in [0.25, 0.3) is 0 Å². The number of nitriles is 1. The Balaban J connectivity index is 0.000000185. The van der Waals surface area contributed by atoms with Gasteiger partial charge in [0.2, 0.25) is 12.3 Å². The molecular formula is C18H17ClN4O2. The van der Waals surface area contributed by atoms with Crippen LogP contribution >= 0.6 is 11.6 Å². The van der Waals surface area contributed by atoms with Crippen molar-refractivity contribution in [2.24, 2.45) is 0 Å². The van der Waals surface area contributed by atoms with Crippen LogP contribution in [0.4, 0.5) is 5.69 Å². The summed E-state index contributed by atoms with van der Waals surface area (Å²) in [5.74, 6) is 0.561. The Morgan fingerprint density at radius 2 is 2.00 bits per heavy atom. The lowest BCUT2D eigenvalue weighted by molar-refractivity contribution is 0.311. The summed E-state index contributed by atoms with van der Waals surface area (Å²) in [6.45, 7) is 2.38. The summed E-state index contributed by atoms with van der Waals surface area (Å²) in [5.41, 5.74) is 3.10. The molecule has 0 radical (unpaired) electrons. The number of aromatic nitrogens is 2. The second-order valence-electron chi connectivity index (χ2n) is 4.97. The topological polar surface area (TPSA) is 95.0 Å². The third-order valence-corrected chi connectivity index (χ3v) is 3.80. The van der Waals surface area contributed by atoms with Crippen molar-refractivity contribution in [3.63, 3.8) is 0 Å². The minimum Gasteiger partial charge on any atom is -0.423 e. The number of benzene rings is 2. The van der Waals surface area contributed by atoms with Crippen molar-refractivity contribution in [1.29, 1.82) is 5.26 Å². The highest BCUT2D eigenvalue weighted by atomic mass is 35.5. The Kier molecular flexibility index (Phi) is 6.96. The molecule has 0 aliphatic carbocycles. The molecule has 0 fully saturated rings. The first kappa shape index (κ1) is 18.5. The predicted molar refractivity (Wildman–Crippen MR) is 96.2 cm³/mol. The Hall–Kier alpha value is -2.88. The molecule has 1 heterocycles. The zero-order valence-electron chi connectivity index (χ0n) is 13.6. The molecular weight excluding hydrogens is 340 g/mol. The molecule has 2 aromatic carbocycles. The van der Waals surface area contributed by atoms with E-state index in [0.717, 1.165) is 16.8 Å². The molecule has 0 saturated heterocycles. The summed E-state index contributed by atoms with van der Waals surface area (Å²) < 4.78 is 5.00. The van der Waals surface area contributed by atoms with Gasteiger partial charge in [-0.3, -0.25) is 0 Å². The molecule has 0 amide bonds. The normalized spacial score (nSPS) is 9.68. The molecule has 3 aromatic rings. The monoisotopic (exact) mass is 356 g/mol. The van der Waals surface area contributed by atoms with Crippen molar-refractivity contribution in [1.82, 2.24) is 10.2 Å². The maximum absolute atomic E-state index is 8.71. The fraction of sp³-hybridized carbons (Fsp3) is 0.167. The summed E-state index contributed by atoms with van der Waals surface area (Å²) in [4.78, 5) is 0. The van der Waals surface area contributed by atoms with Crippen LogP contribution in [-0.4, -0.2) is 28.5 Å². The van der Waals surface area contributed by atoms with Crippen molar-refractivity contribution in [2.45, 2.75) is 6.92 Å². The highest BCUT2D eigenvalue weighted by molar-refractivity contribution is 6.32. The summed E-state index contributed by atoms with van der Waals surface area (Å²) in [6.07, 6.45) is 1.32. The van der Waals surface area contributed by atoms with E-state index in [-0.39, 0.29) is 6.61 Å². The minimum absolute atomic E-state index is 0.0665. The second-order valence-corrected chi connectivity index (χ2v) is 5.35. The first-order valence-electron chi connectivity index (χ1n) is 7.53. The van der Waals surface area contributed by atoms with Gasteiger partial charge in [-0.25, -0.2) is 0 Å². The lowest BCUT2D eigenvalue weighted by Gasteiger charge is -2.10. The van der Waals surface area contributed by atoms with Crippen LogP contribution in [-0.2, 0) is 0 Å². The molecule has 25 heavy (non-hydrogen) atoms. The lowest BCUT2D eigenvalue weighted by Crippen LogP contribution is -2.06. The SMILES string of the molecule is Cc1c(NCCO)ccc(C#N)c1Cl.c1ccc(-c2nnco2)cc1. The molecule has 7 heteroatoms. The molecule has 0 bridgehead atoms. The molecule has 0 atom stereocenters. The zero-order valence-corrected chi connectivity index (χ0v) is 14.4. The van der Waals surface area contributed by atoms with E-state index in [0.29, 0.717) is 23.0 Å². The van der Waals surface area contributed by atoms with Gasteiger partial charge in [0, 0.05) is 17.8 Å². The van der Waals surface area contributed by atoms with Gasteiger partial charge in [0.1, 0.15) is 6.07 Å². The second kappa shape index (κ2) is 9.42. The smallest absolute Gasteiger partial charge is 0.247 e. The van der Waals surface area contributed by atoms with Gasteiger partial charge < -0.3 is 14.8 Å². The molecule has 6 nitrogen and oxygen atoms in total. The predicted octanol–water partition coefficient (Wildman–Crippen LogP) is 3.66. The molecule has 2 N–H and O–H groups in total. The average molecular weight is 357 g/mol. The Morgan fingerprint density at radius 3 is 2.60 bits per heavy atom. The van der Waals surface area contributed by atoms with Crippen molar-refractivity contribution < 1.29 is 9.52 Å². The van der Waals surface area contributed by atoms with Crippen molar-refractivity contribution >= 4 is 17.3 Å². The largest absolute Gasteiger partial charge is 0.423 e. The van der Waals surface area contributed by atoms with Crippen LogP contribution in [0.15, 0.2) is 53.3 Å². The van der Waals surface area contributed by atoms with Crippen molar-refractivity contribution in [3.05, 3.63) is 65.0 Å². The fourth-order valence-corrected chi connectivity index (χ4v) is 2.24. The van der Waals surface area contributed by atoms with Gasteiger partial charge in [-0.1, -0.05) is 29.8 Å². The molecule has 1 aromatic heterocycles. The van der Waals surface area contributed by atoms with Gasteiger partial charge in [-0.05, 0) is 36.8 Å². The number of nitrogens with zero attached hydrogens (tertiary/aromatic N) is 3. The third kappa shape index (κ3) is 5.05. The Bertz CT molecular complexity index is 830. The standard InChI is InChI=1S/C10H11ClN2O.C8H6N2O/c1-7-9(13-4-5-14)3-2-8(6-12)10(7)11;1-2-4-7(5-3-1)8-10-9-6-11-8/h2-3,13-14H,4-5H2,1H3;1-6H. The highest BCUT2D eigenvalue weighted by Gasteiger charge is 2.06. The van der Waals surface area contributed by atoms with E-state index >= 15 is 0 Å². The number of halogens is 1. The Labute approximate surface area is 150 Å². The first-order valence-corrected chi connectivity index (χ1v) is 7.90.